The quantitative estimate of drug-likeness (QED) is 0.807. The van der Waals surface area contributed by atoms with Gasteiger partial charge in [0.05, 0.1) is 5.69 Å². The van der Waals surface area contributed by atoms with Gasteiger partial charge in [-0.2, -0.15) is 5.10 Å². The molecule has 0 aromatic carbocycles. The zero-order valence-corrected chi connectivity index (χ0v) is 12.6. The normalized spacial score (nSPS) is 22.9. The maximum absolute atomic E-state index is 5.93. The van der Waals surface area contributed by atoms with E-state index in [-0.39, 0.29) is 0 Å². The molecule has 104 valence electrons. The van der Waals surface area contributed by atoms with Crippen molar-refractivity contribution in [3.8, 4) is 0 Å². The molecule has 0 unspecified atom stereocenters. The predicted octanol–water partition coefficient (Wildman–Crippen LogP) is 3.08. The number of nitrogens with zero attached hydrogens (tertiary/aromatic N) is 4. The standard InChI is InChI=1S/C14H21ClN4/c1-4-11-13-14(18(3)17-11)19(10-7-9(2)8-10)12(16-13)5-6-15/h9-10H,4-8H2,1-3H3. The largest absolute Gasteiger partial charge is 0.310 e. The van der Waals surface area contributed by atoms with Crippen LogP contribution in [0.2, 0.25) is 0 Å². The molecular weight excluding hydrogens is 260 g/mol. The number of aryl methyl sites for hydroxylation is 3. The van der Waals surface area contributed by atoms with Gasteiger partial charge in [-0.3, -0.25) is 4.68 Å². The highest BCUT2D eigenvalue weighted by Crippen LogP contribution is 2.40. The van der Waals surface area contributed by atoms with Crippen molar-refractivity contribution in [2.45, 2.75) is 45.6 Å². The van der Waals surface area contributed by atoms with E-state index in [9.17, 15) is 0 Å². The number of rotatable bonds is 4. The van der Waals surface area contributed by atoms with E-state index in [0.717, 1.165) is 35.8 Å². The highest BCUT2D eigenvalue weighted by Gasteiger charge is 2.31. The van der Waals surface area contributed by atoms with Crippen LogP contribution in [-0.2, 0) is 19.9 Å². The van der Waals surface area contributed by atoms with Crippen molar-refractivity contribution in [2.75, 3.05) is 5.88 Å². The summed E-state index contributed by atoms with van der Waals surface area (Å²) >= 11 is 5.93. The number of alkyl halides is 1. The topological polar surface area (TPSA) is 35.6 Å². The molecule has 1 aliphatic rings. The van der Waals surface area contributed by atoms with Crippen molar-refractivity contribution in [2.24, 2.45) is 13.0 Å². The lowest BCUT2D eigenvalue weighted by Gasteiger charge is -2.35. The van der Waals surface area contributed by atoms with Crippen molar-refractivity contribution >= 4 is 22.8 Å². The number of imidazole rings is 1. The Labute approximate surface area is 118 Å². The van der Waals surface area contributed by atoms with Crippen molar-refractivity contribution in [3.05, 3.63) is 11.5 Å². The molecule has 2 heterocycles. The van der Waals surface area contributed by atoms with Gasteiger partial charge in [-0.05, 0) is 25.2 Å². The van der Waals surface area contributed by atoms with Crippen LogP contribution in [0.4, 0.5) is 0 Å². The van der Waals surface area contributed by atoms with Crippen molar-refractivity contribution in [3.63, 3.8) is 0 Å². The van der Waals surface area contributed by atoms with Crippen LogP contribution in [0.3, 0.4) is 0 Å². The Morgan fingerprint density at radius 3 is 2.68 bits per heavy atom. The molecule has 5 heteroatoms. The Morgan fingerprint density at radius 2 is 2.11 bits per heavy atom. The minimum Gasteiger partial charge on any atom is -0.310 e. The second kappa shape index (κ2) is 4.82. The lowest BCUT2D eigenvalue weighted by Crippen LogP contribution is -2.27. The van der Waals surface area contributed by atoms with Gasteiger partial charge in [0.25, 0.3) is 0 Å². The number of halogens is 1. The summed E-state index contributed by atoms with van der Waals surface area (Å²) in [5.41, 5.74) is 3.35. The molecule has 4 nitrogen and oxygen atoms in total. The molecule has 19 heavy (non-hydrogen) atoms. The molecule has 0 spiro atoms. The Morgan fingerprint density at radius 1 is 1.37 bits per heavy atom. The van der Waals surface area contributed by atoms with Gasteiger partial charge in [0.15, 0.2) is 5.65 Å². The minimum absolute atomic E-state index is 0.582. The van der Waals surface area contributed by atoms with Crippen LogP contribution in [-0.4, -0.2) is 25.2 Å². The van der Waals surface area contributed by atoms with Crippen molar-refractivity contribution in [1.29, 1.82) is 0 Å². The highest BCUT2D eigenvalue weighted by atomic mass is 35.5. The molecule has 1 fully saturated rings. The summed E-state index contributed by atoms with van der Waals surface area (Å²) in [5.74, 6) is 2.58. The third-order valence-corrected chi connectivity index (χ3v) is 4.37. The molecule has 0 saturated heterocycles. The van der Waals surface area contributed by atoms with Gasteiger partial charge in [0, 0.05) is 25.4 Å². The van der Waals surface area contributed by atoms with Crippen LogP contribution in [0.1, 0.15) is 44.2 Å². The molecule has 0 aliphatic heterocycles. The summed E-state index contributed by atoms with van der Waals surface area (Å²) in [6, 6.07) is 0.582. The molecule has 0 N–H and O–H groups in total. The monoisotopic (exact) mass is 280 g/mol. The first-order chi connectivity index (χ1) is 9.15. The Hall–Kier alpha value is -1.03. The van der Waals surface area contributed by atoms with E-state index in [1.54, 1.807) is 0 Å². The summed E-state index contributed by atoms with van der Waals surface area (Å²) in [7, 11) is 2.02. The van der Waals surface area contributed by atoms with Crippen molar-refractivity contribution < 1.29 is 0 Å². The summed E-state index contributed by atoms with van der Waals surface area (Å²) in [4.78, 5) is 4.82. The number of aromatic nitrogens is 4. The van der Waals surface area contributed by atoms with Gasteiger partial charge < -0.3 is 4.57 Å². The minimum atomic E-state index is 0.582. The predicted molar refractivity (Wildman–Crippen MR) is 77.7 cm³/mol. The maximum Gasteiger partial charge on any atom is 0.158 e. The molecule has 1 saturated carbocycles. The third kappa shape index (κ3) is 1.97. The van der Waals surface area contributed by atoms with Gasteiger partial charge in [0.1, 0.15) is 11.3 Å². The maximum atomic E-state index is 5.93. The van der Waals surface area contributed by atoms with Crippen LogP contribution >= 0.6 is 11.6 Å². The number of fused-ring (bicyclic) bond motifs is 1. The molecule has 0 atom stereocenters. The van der Waals surface area contributed by atoms with Gasteiger partial charge >= 0.3 is 0 Å². The molecule has 2 aromatic rings. The van der Waals surface area contributed by atoms with Gasteiger partial charge in [-0.1, -0.05) is 13.8 Å². The van der Waals surface area contributed by atoms with Gasteiger partial charge in [0.2, 0.25) is 0 Å². The van der Waals surface area contributed by atoms with E-state index < -0.39 is 0 Å². The Kier molecular flexibility index (Phi) is 3.29. The van der Waals surface area contributed by atoms with E-state index >= 15 is 0 Å². The first-order valence-electron chi connectivity index (χ1n) is 7.14. The molecule has 3 rings (SSSR count). The van der Waals surface area contributed by atoms with E-state index in [2.05, 4.69) is 23.5 Å². The molecule has 0 bridgehead atoms. The molecule has 0 amide bonds. The lowest BCUT2D eigenvalue weighted by atomic mass is 9.81. The molecular formula is C14H21ClN4. The molecule has 0 radical (unpaired) electrons. The van der Waals surface area contributed by atoms with Crippen molar-refractivity contribution in [1.82, 2.24) is 19.3 Å². The zero-order valence-electron chi connectivity index (χ0n) is 11.9. The Balaban J connectivity index is 2.14. The van der Waals surface area contributed by atoms with Gasteiger partial charge in [-0.25, -0.2) is 4.98 Å². The van der Waals surface area contributed by atoms with Crippen LogP contribution in [0.15, 0.2) is 0 Å². The fourth-order valence-electron chi connectivity index (χ4n) is 3.20. The second-order valence-corrected chi connectivity index (χ2v) is 6.04. The van der Waals surface area contributed by atoms with E-state index in [4.69, 9.17) is 16.6 Å². The molecule has 1 aliphatic carbocycles. The van der Waals surface area contributed by atoms with E-state index in [1.165, 1.54) is 18.5 Å². The summed E-state index contributed by atoms with van der Waals surface area (Å²) in [5, 5.41) is 4.59. The second-order valence-electron chi connectivity index (χ2n) is 5.66. The smallest absolute Gasteiger partial charge is 0.158 e. The van der Waals surface area contributed by atoms with Crippen LogP contribution in [0, 0.1) is 5.92 Å². The fraction of sp³-hybridized carbons (Fsp3) is 0.714. The fourth-order valence-corrected chi connectivity index (χ4v) is 3.37. The summed E-state index contributed by atoms with van der Waals surface area (Å²) < 4.78 is 4.38. The summed E-state index contributed by atoms with van der Waals surface area (Å²) in [6.07, 6.45) is 4.25. The third-order valence-electron chi connectivity index (χ3n) is 4.18. The SMILES string of the molecule is CCc1nn(C)c2c1nc(CCCl)n2C1CC(C)C1. The Bertz CT molecular complexity index is 592. The lowest BCUT2D eigenvalue weighted by molar-refractivity contribution is 0.215. The van der Waals surface area contributed by atoms with Gasteiger partial charge in [-0.15, -0.1) is 11.6 Å². The van der Waals surface area contributed by atoms with Crippen LogP contribution in [0.25, 0.3) is 11.2 Å². The number of hydrogen-bond donors (Lipinski definition) is 0. The molecule has 2 aromatic heterocycles. The van der Waals surface area contributed by atoms with E-state index in [0.29, 0.717) is 11.9 Å². The first-order valence-corrected chi connectivity index (χ1v) is 7.67. The van der Waals surface area contributed by atoms with Crippen LogP contribution < -0.4 is 0 Å². The summed E-state index contributed by atoms with van der Waals surface area (Å²) in [6.45, 7) is 4.44. The van der Waals surface area contributed by atoms with Crippen LogP contribution in [0.5, 0.6) is 0 Å². The van der Waals surface area contributed by atoms with E-state index in [1.807, 2.05) is 11.7 Å². The first kappa shape index (κ1) is 13.0. The number of hydrogen-bond acceptors (Lipinski definition) is 2. The average Bonchev–Trinajstić information content (AvgIpc) is 2.84. The highest BCUT2D eigenvalue weighted by molar-refractivity contribution is 6.17. The average molecular weight is 281 g/mol. The zero-order chi connectivity index (χ0) is 13.6.